The van der Waals surface area contributed by atoms with Crippen molar-refractivity contribution in [1.29, 1.82) is 0 Å². The van der Waals surface area contributed by atoms with Gasteiger partial charge in [0.1, 0.15) is 0 Å². The Morgan fingerprint density at radius 2 is 2.33 bits per heavy atom. The van der Waals surface area contributed by atoms with Gasteiger partial charge < -0.3 is 10.0 Å². The van der Waals surface area contributed by atoms with Gasteiger partial charge in [-0.15, -0.1) is 0 Å². The first-order chi connectivity index (χ1) is 8.60. The number of nitrogens with zero attached hydrogens (tertiary/aromatic N) is 1. The summed E-state index contributed by atoms with van der Waals surface area (Å²) in [6.45, 7) is 0.640. The number of hydrogen-bond acceptors (Lipinski definition) is 3. The molecule has 96 valence electrons. The second-order valence-corrected chi connectivity index (χ2v) is 6.36. The van der Waals surface area contributed by atoms with Gasteiger partial charge in [0.05, 0.1) is 0 Å². The Balaban J connectivity index is 1.92. The van der Waals surface area contributed by atoms with E-state index in [-0.39, 0.29) is 5.91 Å². The largest absolute Gasteiger partial charge is 0.379 e. The summed E-state index contributed by atoms with van der Waals surface area (Å²) in [7, 11) is 0. The number of carbonyl (C=O) groups excluding carboxylic acids is 1. The van der Waals surface area contributed by atoms with Crippen LogP contribution in [0.3, 0.4) is 0 Å². The summed E-state index contributed by atoms with van der Waals surface area (Å²) in [5.74, 6) is 1.17. The topological polar surface area (TPSA) is 40.5 Å². The van der Waals surface area contributed by atoms with Crippen LogP contribution in [0.2, 0.25) is 5.02 Å². The lowest BCUT2D eigenvalue weighted by atomic mass is 10.0. The molecule has 3 rings (SSSR count). The highest BCUT2D eigenvalue weighted by atomic mass is 35.5. The van der Waals surface area contributed by atoms with Crippen LogP contribution in [0, 0.1) is 0 Å². The van der Waals surface area contributed by atoms with E-state index in [0.717, 1.165) is 23.4 Å². The quantitative estimate of drug-likeness (QED) is 0.858. The molecule has 1 fully saturated rings. The number of amides is 1. The third-order valence-corrected chi connectivity index (χ3v) is 5.00. The van der Waals surface area contributed by atoms with Gasteiger partial charge in [-0.2, -0.15) is 11.8 Å². The third-order valence-electron chi connectivity index (χ3n) is 3.59. The molecular formula is C13H14ClNO2S. The van der Waals surface area contributed by atoms with Gasteiger partial charge in [-0.1, -0.05) is 17.7 Å². The minimum atomic E-state index is -1.19. The smallest absolute Gasteiger partial charge is 0.259 e. The number of aliphatic hydroxyl groups is 1. The Kier molecular flexibility index (Phi) is 3.04. The normalized spacial score (nSPS) is 26.4. The lowest BCUT2D eigenvalue weighted by Gasteiger charge is -2.27. The van der Waals surface area contributed by atoms with Gasteiger partial charge in [-0.25, -0.2) is 0 Å². The van der Waals surface area contributed by atoms with Crippen molar-refractivity contribution in [3.63, 3.8) is 0 Å². The predicted octanol–water partition coefficient (Wildman–Crippen LogP) is 2.10. The van der Waals surface area contributed by atoms with E-state index in [1.54, 1.807) is 16.7 Å². The molecule has 0 aromatic heterocycles. The molecule has 0 saturated carbocycles. The molecule has 18 heavy (non-hydrogen) atoms. The maximum absolute atomic E-state index is 12.5. The van der Waals surface area contributed by atoms with Crippen molar-refractivity contribution in [2.45, 2.75) is 18.4 Å². The van der Waals surface area contributed by atoms with E-state index in [2.05, 4.69) is 0 Å². The molecule has 0 aliphatic carbocycles. The minimum Gasteiger partial charge on any atom is -0.379 e. The van der Waals surface area contributed by atoms with Gasteiger partial charge in [-0.05, 0) is 36.3 Å². The molecule has 2 aliphatic rings. The summed E-state index contributed by atoms with van der Waals surface area (Å²) in [4.78, 5) is 14.2. The van der Waals surface area contributed by atoms with Crippen LogP contribution >= 0.6 is 23.4 Å². The number of hydrogen-bond donors (Lipinski definition) is 1. The molecule has 0 spiro atoms. The summed E-state index contributed by atoms with van der Waals surface area (Å²) in [6.07, 6.45) is 1.38. The van der Waals surface area contributed by atoms with Gasteiger partial charge in [0, 0.05) is 23.0 Å². The van der Waals surface area contributed by atoms with Crippen LogP contribution in [-0.4, -0.2) is 34.7 Å². The predicted molar refractivity (Wildman–Crippen MR) is 74.4 cm³/mol. The van der Waals surface area contributed by atoms with Crippen LogP contribution in [0.5, 0.6) is 0 Å². The Morgan fingerprint density at radius 1 is 1.50 bits per heavy atom. The second kappa shape index (κ2) is 4.44. The van der Waals surface area contributed by atoms with Gasteiger partial charge in [0.15, 0.2) is 5.60 Å². The first-order valence-electron chi connectivity index (χ1n) is 6.01. The standard InChI is InChI=1S/C13H14ClNO2S/c14-10-2-1-9-3-5-15(11(9)7-10)12(16)13(17)4-6-18-8-13/h1-2,7,17H,3-6,8H2. The van der Waals surface area contributed by atoms with E-state index in [4.69, 9.17) is 11.6 Å². The zero-order valence-corrected chi connectivity index (χ0v) is 11.4. The van der Waals surface area contributed by atoms with Crippen LogP contribution < -0.4 is 4.90 Å². The highest BCUT2D eigenvalue weighted by molar-refractivity contribution is 7.99. The van der Waals surface area contributed by atoms with Crippen LogP contribution in [0.4, 0.5) is 5.69 Å². The van der Waals surface area contributed by atoms with Crippen molar-refractivity contribution in [2.24, 2.45) is 0 Å². The fraction of sp³-hybridized carbons (Fsp3) is 0.462. The zero-order valence-electron chi connectivity index (χ0n) is 9.86. The van der Waals surface area contributed by atoms with Crippen LogP contribution in [0.15, 0.2) is 18.2 Å². The van der Waals surface area contributed by atoms with Crippen molar-refractivity contribution in [3.05, 3.63) is 28.8 Å². The molecule has 1 aromatic rings. The van der Waals surface area contributed by atoms with Crippen LogP contribution in [0.25, 0.3) is 0 Å². The van der Waals surface area contributed by atoms with Crippen molar-refractivity contribution in [2.75, 3.05) is 23.0 Å². The molecule has 2 heterocycles. The number of rotatable bonds is 1. The molecular weight excluding hydrogens is 270 g/mol. The molecule has 1 atom stereocenters. The lowest BCUT2D eigenvalue weighted by Crippen LogP contribution is -2.48. The second-order valence-electron chi connectivity index (χ2n) is 4.81. The van der Waals surface area contributed by atoms with Gasteiger partial charge in [0.25, 0.3) is 5.91 Å². The summed E-state index contributed by atoms with van der Waals surface area (Å²) in [6, 6.07) is 5.61. The van der Waals surface area contributed by atoms with E-state index in [1.807, 2.05) is 18.2 Å². The van der Waals surface area contributed by atoms with Crippen molar-refractivity contribution < 1.29 is 9.90 Å². The molecule has 5 heteroatoms. The lowest BCUT2D eigenvalue weighted by molar-refractivity contribution is -0.134. The fourth-order valence-electron chi connectivity index (χ4n) is 2.54. The monoisotopic (exact) mass is 283 g/mol. The van der Waals surface area contributed by atoms with Gasteiger partial charge in [0.2, 0.25) is 0 Å². The molecule has 1 saturated heterocycles. The number of carbonyl (C=O) groups is 1. The first kappa shape index (κ1) is 12.3. The summed E-state index contributed by atoms with van der Waals surface area (Å²) in [5.41, 5.74) is 0.800. The molecule has 1 aromatic carbocycles. The van der Waals surface area contributed by atoms with Gasteiger partial charge >= 0.3 is 0 Å². The molecule has 3 nitrogen and oxygen atoms in total. The number of halogens is 1. The Bertz CT molecular complexity index is 500. The molecule has 1 amide bonds. The van der Waals surface area contributed by atoms with Crippen molar-refractivity contribution in [1.82, 2.24) is 0 Å². The Morgan fingerprint density at radius 3 is 3.06 bits per heavy atom. The maximum atomic E-state index is 12.5. The molecule has 1 N–H and O–H groups in total. The van der Waals surface area contributed by atoms with Gasteiger partial charge in [-0.3, -0.25) is 4.79 Å². The zero-order chi connectivity index (χ0) is 12.8. The highest BCUT2D eigenvalue weighted by Crippen LogP contribution is 2.36. The average molecular weight is 284 g/mol. The van der Waals surface area contributed by atoms with E-state index in [1.165, 1.54) is 0 Å². The number of benzene rings is 1. The number of fused-ring (bicyclic) bond motifs is 1. The van der Waals surface area contributed by atoms with E-state index >= 15 is 0 Å². The summed E-state index contributed by atoms with van der Waals surface area (Å²) >= 11 is 7.61. The average Bonchev–Trinajstić information content (AvgIpc) is 2.95. The summed E-state index contributed by atoms with van der Waals surface area (Å²) in [5, 5.41) is 11.0. The Hall–Kier alpha value is -0.710. The van der Waals surface area contributed by atoms with E-state index in [0.29, 0.717) is 23.7 Å². The molecule has 1 unspecified atom stereocenters. The number of thioether (sulfide) groups is 1. The molecule has 0 bridgehead atoms. The van der Waals surface area contributed by atoms with Crippen molar-refractivity contribution in [3.8, 4) is 0 Å². The number of anilines is 1. The summed E-state index contributed by atoms with van der Waals surface area (Å²) < 4.78 is 0. The van der Waals surface area contributed by atoms with Crippen molar-refractivity contribution >= 4 is 35.0 Å². The fourth-order valence-corrected chi connectivity index (χ4v) is 3.94. The Labute approximate surface area is 115 Å². The molecule has 2 aliphatic heterocycles. The van der Waals surface area contributed by atoms with E-state index in [9.17, 15) is 9.90 Å². The third kappa shape index (κ3) is 1.92. The minimum absolute atomic E-state index is 0.173. The maximum Gasteiger partial charge on any atom is 0.259 e. The van der Waals surface area contributed by atoms with Crippen LogP contribution in [-0.2, 0) is 11.2 Å². The SMILES string of the molecule is O=C(N1CCc2ccc(Cl)cc21)C1(O)CCSC1. The highest BCUT2D eigenvalue weighted by Gasteiger charge is 2.43. The van der Waals surface area contributed by atoms with E-state index < -0.39 is 5.60 Å². The van der Waals surface area contributed by atoms with Crippen LogP contribution in [0.1, 0.15) is 12.0 Å². The molecule has 0 radical (unpaired) electrons. The first-order valence-corrected chi connectivity index (χ1v) is 7.54.